The summed E-state index contributed by atoms with van der Waals surface area (Å²) in [4.78, 5) is 28.9. The highest BCUT2D eigenvalue weighted by Crippen LogP contribution is 2.14. The van der Waals surface area contributed by atoms with Gasteiger partial charge < -0.3 is 14.6 Å². The zero-order valence-corrected chi connectivity index (χ0v) is 16.0. The van der Waals surface area contributed by atoms with Crippen LogP contribution < -0.4 is 10.3 Å². The van der Waals surface area contributed by atoms with Crippen molar-refractivity contribution in [3.63, 3.8) is 0 Å². The number of hydrogen-bond acceptors (Lipinski definition) is 3. The minimum Gasteiger partial charge on any atom is -0.497 e. The van der Waals surface area contributed by atoms with Crippen molar-refractivity contribution < 1.29 is 13.9 Å². The molecule has 0 atom stereocenters. The Kier molecular flexibility index (Phi) is 6.09. The van der Waals surface area contributed by atoms with Gasteiger partial charge in [0.15, 0.2) is 0 Å². The number of aromatic nitrogens is 1. The highest BCUT2D eigenvalue weighted by Gasteiger charge is 2.11. The highest BCUT2D eigenvalue weighted by molar-refractivity contribution is 5.79. The fourth-order valence-electron chi connectivity index (χ4n) is 3.05. The number of fused-ring (bicyclic) bond motifs is 1. The molecule has 2 aromatic carbocycles. The number of hydrogen-bond donors (Lipinski definition) is 1. The lowest BCUT2D eigenvalue weighted by molar-refractivity contribution is -0.129. The van der Waals surface area contributed by atoms with Crippen LogP contribution in [0.1, 0.15) is 17.5 Å². The van der Waals surface area contributed by atoms with E-state index in [0.717, 1.165) is 23.1 Å². The molecule has 0 fully saturated rings. The molecule has 0 radical (unpaired) electrons. The van der Waals surface area contributed by atoms with Crippen molar-refractivity contribution in [2.45, 2.75) is 19.3 Å². The van der Waals surface area contributed by atoms with Gasteiger partial charge in [0.25, 0.3) is 5.56 Å². The summed E-state index contributed by atoms with van der Waals surface area (Å²) in [5, 5.41) is 0.747. The summed E-state index contributed by atoms with van der Waals surface area (Å²) in [6.45, 7) is 0.596. The van der Waals surface area contributed by atoms with Gasteiger partial charge in [-0.15, -0.1) is 0 Å². The lowest BCUT2D eigenvalue weighted by Crippen LogP contribution is -2.29. The number of methoxy groups -OCH3 is 1. The fourth-order valence-corrected chi connectivity index (χ4v) is 3.05. The maximum absolute atomic E-state index is 13.3. The number of halogens is 1. The van der Waals surface area contributed by atoms with E-state index in [0.29, 0.717) is 24.0 Å². The van der Waals surface area contributed by atoms with Crippen LogP contribution in [0.15, 0.2) is 53.3 Å². The molecule has 0 saturated heterocycles. The quantitative estimate of drug-likeness (QED) is 0.682. The Labute approximate surface area is 162 Å². The third-order valence-corrected chi connectivity index (χ3v) is 4.81. The van der Waals surface area contributed by atoms with Crippen molar-refractivity contribution >= 4 is 16.8 Å². The van der Waals surface area contributed by atoms with Crippen LogP contribution in [0.25, 0.3) is 10.9 Å². The Morgan fingerprint density at radius 3 is 2.57 bits per heavy atom. The van der Waals surface area contributed by atoms with Gasteiger partial charge in [0.2, 0.25) is 5.91 Å². The summed E-state index contributed by atoms with van der Waals surface area (Å²) in [5.74, 6) is 0.383. The largest absolute Gasteiger partial charge is 0.497 e. The zero-order valence-electron chi connectivity index (χ0n) is 16.0. The van der Waals surface area contributed by atoms with E-state index in [9.17, 15) is 14.0 Å². The molecule has 6 heteroatoms. The van der Waals surface area contributed by atoms with E-state index in [1.807, 2.05) is 24.3 Å². The number of rotatable bonds is 7. The van der Waals surface area contributed by atoms with Crippen molar-refractivity contribution in [2.24, 2.45) is 0 Å². The van der Waals surface area contributed by atoms with Crippen LogP contribution in [0, 0.1) is 5.82 Å². The molecule has 146 valence electrons. The number of H-pyrrole nitrogens is 1. The monoisotopic (exact) mass is 382 g/mol. The number of carbonyl (C=O) groups is 1. The van der Waals surface area contributed by atoms with Crippen LogP contribution in [0.3, 0.4) is 0 Å². The number of nitrogens with one attached hydrogen (secondary N) is 1. The van der Waals surface area contributed by atoms with Crippen molar-refractivity contribution in [3.8, 4) is 5.75 Å². The van der Waals surface area contributed by atoms with E-state index in [2.05, 4.69) is 4.98 Å². The molecular weight excluding hydrogens is 359 g/mol. The Morgan fingerprint density at radius 1 is 1.11 bits per heavy atom. The van der Waals surface area contributed by atoms with Crippen molar-refractivity contribution in [2.75, 3.05) is 20.7 Å². The standard InChI is InChI=1S/C22H23FN2O3/c1-25(12-11-15-3-8-19(28-2)9-4-15)21(26)10-6-17-13-16-5-7-18(23)14-20(16)24-22(17)27/h3-5,7-9,13-14H,6,10-12H2,1-2H3,(H,24,27). The molecule has 28 heavy (non-hydrogen) atoms. The van der Waals surface area contributed by atoms with Gasteiger partial charge in [0.1, 0.15) is 11.6 Å². The second-order valence-corrected chi connectivity index (χ2v) is 6.77. The van der Waals surface area contributed by atoms with E-state index >= 15 is 0 Å². The lowest BCUT2D eigenvalue weighted by atomic mass is 10.1. The summed E-state index contributed by atoms with van der Waals surface area (Å²) in [6.07, 6.45) is 1.33. The van der Waals surface area contributed by atoms with E-state index in [1.165, 1.54) is 12.1 Å². The summed E-state index contributed by atoms with van der Waals surface area (Å²) in [6, 6.07) is 13.7. The van der Waals surface area contributed by atoms with Gasteiger partial charge in [-0.1, -0.05) is 12.1 Å². The Bertz CT molecular complexity index is 1030. The number of ether oxygens (including phenoxy) is 1. The van der Waals surface area contributed by atoms with Crippen LogP contribution in [-0.2, 0) is 17.6 Å². The van der Waals surface area contributed by atoms with Gasteiger partial charge >= 0.3 is 0 Å². The number of benzene rings is 2. The SMILES string of the molecule is COc1ccc(CCN(C)C(=O)CCc2cc3ccc(F)cc3[nH]c2=O)cc1. The maximum atomic E-state index is 13.3. The first-order valence-corrected chi connectivity index (χ1v) is 9.14. The average Bonchev–Trinajstić information content (AvgIpc) is 2.70. The van der Waals surface area contributed by atoms with E-state index in [1.54, 1.807) is 31.2 Å². The lowest BCUT2D eigenvalue weighted by Gasteiger charge is -2.17. The molecule has 1 aromatic heterocycles. The molecular formula is C22H23FN2O3. The van der Waals surface area contributed by atoms with Crippen LogP contribution in [0.2, 0.25) is 0 Å². The Morgan fingerprint density at radius 2 is 1.86 bits per heavy atom. The van der Waals surface area contributed by atoms with Crippen molar-refractivity contribution in [3.05, 3.63) is 75.8 Å². The highest BCUT2D eigenvalue weighted by atomic mass is 19.1. The molecule has 1 heterocycles. The van der Waals surface area contributed by atoms with Gasteiger partial charge in [-0.3, -0.25) is 9.59 Å². The molecule has 0 bridgehead atoms. The summed E-state index contributed by atoms with van der Waals surface area (Å²) >= 11 is 0. The molecule has 0 aliphatic rings. The van der Waals surface area contributed by atoms with Crippen LogP contribution in [0.4, 0.5) is 4.39 Å². The molecule has 0 spiro atoms. The molecule has 0 saturated carbocycles. The predicted molar refractivity (Wildman–Crippen MR) is 107 cm³/mol. The number of nitrogens with zero attached hydrogens (tertiary/aromatic N) is 1. The first-order valence-electron chi connectivity index (χ1n) is 9.14. The molecule has 1 N–H and O–H groups in total. The van der Waals surface area contributed by atoms with Gasteiger partial charge in [-0.2, -0.15) is 0 Å². The van der Waals surface area contributed by atoms with Gasteiger partial charge in [-0.05, 0) is 60.2 Å². The number of aromatic amines is 1. The number of amides is 1. The van der Waals surface area contributed by atoms with E-state index in [-0.39, 0.29) is 17.9 Å². The Balaban J connectivity index is 1.56. The second-order valence-electron chi connectivity index (χ2n) is 6.77. The first-order chi connectivity index (χ1) is 13.5. The second kappa shape index (κ2) is 8.69. The van der Waals surface area contributed by atoms with Crippen molar-refractivity contribution in [1.29, 1.82) is 0 Å². The molecule has 0 aliphatic carbocycles. The van der Waals surface area contributed by atoms with Gasteiger partial charge in [0, 0.05) is 25.6 Å². The first kappa shape index (κ1) is 19.6. The zero-order chi connectivity index (χ0) is 20.1. The molecule has 3 aromatic rings. The van der Waals surface area contributed by atoms with Crippen molar-refractivity contribution in [1.82, 2.24) is 9.88 Å². The summed E-state index contributed by atoms with van der Waals surface area (Å²) < 4.78 is 18.4. The molecule has 0 unspecified atom stereocenters. The van der Waals surface area contributed by atoms with Gasteiger partial charge in [-0.25, -0.2) is 4.39 Å². The number of aryl methyl sites for hydroxylation is 1. The minimum absolute atomic E-state index is 0.0212. The Hall–Kier alpha value is -3.15. The normalized spacial score (nSPS) is 10.8. The summed E-state index contributed by atoms with van der Waals surface area (Å²) in [7, 11) is 3.39. The smallest absolute Gasteiger partial charge is 0.251 e. The van der Waals surface area contributed by atoms with Crippen LogP contribution in [0.5, 0.6) is 5.75 Å². The summed E-state index contributed by atoms with van der Waals surface area (Å²) in [5.41, 5.74) is 1.82. The third-order valence-electron chi connectivity index (χ3n) is 4.81. The number of pyridine rings is 1. The number of likely N-dealkylation sites (N-methyl/N-ethyl adjacent to an activating group) is 1. The number of carbonyl (C=O) groups excluding carboxylic acids is 1. The maximum Gasteiger partial charge on any atom is 0.251 e. The van der Waals surface area contributed by atoms with Crippen LogP contribution >= 0.6 is 0 Å². The van der Waals surface area contributed by atoms with E-state index in [4.69, 9.17) is 4.74 Å². The van der Waals surface area contributed by atoms with Crippen LogP contribution in [-0.4, -0.2) is 36.5 Å². The molecule has 1 amide bonds. The predicted octanol–water partition coefficient (Wildman–Crippen LogP) is 3.31. The molecule has 3 rings (SSSR count). The topological polar surface area (TPSA) is 62.4 Å². The average molecular weight is 382 g/mol. The molecule has 0 aliphatic heterocycles. The van der Waals surface area contributed by atoms with Gasteiger partial charge in [0.05, 0.1) is 12.6 Å². The van der Waals surface area contributed by atoms with E-state index < -0.39 is 5.82 Å². The minimum atomic E-state index is -0.399. The molecule has 5 nitrogen and oxygen atoms in total. The fraction of sp³-hybridized carbons (Fsp3) is 0.273. The third kappa shape index (κ3) is 4.76.